The lowest BCUT2D eigenvalue weighted by Gasteiger charge is -2.26. The number of nitrogens with zero attached hydrogens (tertiary/aromatic N) is 3. The Morgan fingerprint density at radius 2 is 2.27 bits per heavy atom. The normalized spacial score (nSPS) is 24.7. The molecule has 2 aliphatic rings. The summed E-state index contributed by atoms with van der Waals surface area (Å²) in [4.78, 5) is 30.5. The molecule has 2 amide bonds. The summed E-state index contributed by atoms with van der Waals surface area (Å²) in [5, 5.41) is 3.12. The van der Waals surface area contributed by atoms with Gasteiger partial charge >= 0.3 is 0 Å². The van der Waals surface area contributed by atoms with Crippen LogP contribution in [0.3, 0.4) is 0 Å². The largest absolute Gasteiger partial charge is 0.351 e. The van der Waals surface area contributed by atoms with Crippen molar-refractivity contribution in [1.82, 2.24) is 19.8 Å². The summed E-state index contributed by atoms with van der Waals surface area (Å²) >= 11 is 0. The average molecular weight is 304 g/mol. The molecule has 1 saturated heterocycles. The highest BCUT2D eigenvalue weighted by molar-refractivity contribution is 5.89. The zero-order valence-electron chi connectivity index (χ0n) is 13.3. The number of aryl methyl sites for hydroxylation is 1. The van der Waals surface area contributed by atoms with E-state index in [-0.39, 0.29) is 23.8 Å². The van der Waals surface area contributed by atoms with Crippen LogP contribution in [0.15, 0.2) is 12.4 Å². The molecule has 6 heteroatoms. The molecule has 2 atom stereocenters. The van der Waals surface area contributed by atoms with E-state index >= 15 is 0 Å². The van der Waals surface area contributed by atoms with Crippen LogP contribution in [0.4, 0.5) is 0 Å². The van der Waals surface area contributed by atoms with Gasteiger partial charge in [-0.05, 0) is 12.3 Å². The van der Waals surface area contributed by atoms with Gasteiger partial charge in [0.25, 0.3) is 0 Å². The summed E-state index contributed by atoms with van der Waals surface area (Å²) in [6.45, 7) is 6.25. The van der Waals surface area contributed by atoms with E-state index in [9.17, 15) is 9.59 Å². The van der Waals surface area contributed by atoms with Gasteiger partial charge in [0.15, 0.2) is 0 Å². The minimum atomic E-state index is -0.199. The van der Waals surface area contributed by atoms with Gasteiger partial charge < -0.3 is 14.8 Å². The number of hydrogen-bond acceptors (Lipinski definition) is 3. The van der Waals surface area contributed by atoms with Crippen LogP contribution in [0.25, 0.3) is 0 Å². The Balaban J connectivity index is 1.54. The number of carbonyl (C=O) groups is 2. The van der Waals surface area contributed by atoms with Crippen molar-refractivity contribution in [1.29, 1.82) is 0 Å². The molecule has 22 heavy (non-hydrogen) atoms. The minimum Gasteiger partial charge on any atom is -0.351 e. The van der Waals surface area contributed by atoms with Crippen LogP contribution in [0.2, 0.25) is 0 Å². The Morgan fingerprint density at radius 1 is 1.45 bits per heavy atom. The van der Waals surface area contributed by atoms with Crippen molar-refractivity contribution in [2.45, 2.75) is 45.7 Å². The molecule has 1 fully saturated rings. The number of aromatic nitrogens is 2. The molecule has 1 N–H and O–H groups in total. The summed E-state index contributed by atoms with van der Waals surface area (Å²) < 4.78 is 2.10. The second kappa shape index (κ2) is 6.10. The van der Waals surface area contributed by atoms with E-state index in [0.29, 0.717) is 18.9 Å². The molecule has 0 aliphatic carbocycles. The van der Waals surface area contributed by atoms with Crippen LogP contribution in [0, 0.1) is 11.8 Å². The molecule has 0 unspecified atom stereocenters. The maximum absolute atomic E-state index is 12.4. The van der Waals surface area contributed by atoms with Gasteiger partial charge in [0.05, 0.1) is 5.92 Å². The predicted molar refractivity (Wildman–Crippen MR) is 82.0 cm³/mol. The maximum atomic E-state index is 12.4. The second-order valence-corrected chi connectivity index (χ2v) is 6.83. The molecule has 6 nitrogen and oxygen atoms in total. The van der Waals surface area contributed by atoms with E-state index in [1.165, 1.54) is 0 Å². The number of rotatable bonds is 4. The third kappa shape index (κ3) is 3.15. The molecule has 3 rings (SSSR count). The van der Waals surface area contributed by atoms with Gasteiger partial charge in [-0.15, -0.1) is 0 Å². The van der Waals surface area contributed by atoms with Gasteiger partial charge in [0.2, 0.25) is 11.8 Å². The number of hydrogen-bond donors (Lipinski definition) is 1. The first-order chi connectivity index (χ1) is 10.5. The van der Waals surface area contributed by atoms with E-state index < -0.39 is 0 Å². The highest BCUT2D eigenvalue weighted by Gasteiger charge is 2.35. The number of carbonyl (C=O) groups excluding carboxylic acids is 2. The summed E-state index contributed by atoms with van der Waals surface area (Å²) in [7, 11) is 0. The molecule has 1 aromatic heterocycles. The van der Waals surface area contributed by atoms with Crippen LogP contribution in [-0.2, 0) is 22.6 Å². The van der Waals surface area contributed by atoms with Crippen molar-refractivity contribution < 1.29 is 9.59 Å². The van der Waals surface area contributed by atoms with Crippen LogP contribution in [0.1, 0.15) is 32.5 Å². The molecular formula is C16H24N4O2. The van der Waals surface area contributed by atoms with Crippen molar-refractivity contribution in [2.75, 3.05) is 13.1 Å². The van der Waals surface area contributed by atoms with Gasteiger partial charge in [-0.2, -0.15) is 0 Å². The Bertz CT molecular complexity index is 566. The van der Waals surface area contributed by atoms with E-state index in [4.69, 9.17) is 0 Å². The fraction of sp³-hybridized carbons (Fsp3) is 0.688. The van der Waals surface area contributed by atoms with Crippen molar-refractivity contribution in [3.8, 4) is 0 Å². The summed E-state index contributed by atoms with van der Waals surface area (Å²) in [5.74, 6) is 1.45. The lowest BCUT2D eigenvalue weighted by molar-refractivity contribution is -0.129. The second-order valence-electron chi connectivity index (χ2n) is 6.83. The van der Waals surface area contributed by atoms with E-state index in [1.807, 2.05) is 11.1 Å². The van der Waals surface area contributed by atoms with Crippen LogP contribution >= 0.6 is 0 Å². The molecule has 0 spiro atoms. The van der Waals surface area contributed by atoms with Gasteiger partial charge in [-0.1, -0.05) is 13.8 Å². The van der Waals surface area contributed by atoms with Gasteiger partial charge in [-0.25, -0.2) is 4.98 Å². The first-order valence-corrected chi connectivity index (χ1v) is 8.11. The van der Waals surface area contributed by atoms with Crippen molar-refractivity contribution in [2.24, 2.45) is 11.8 Å². The number of imidazole rings is 1. The van der Waals surface area contributed by atoms with Crippen LogP contribution < -0.4 is 5.32 Å². The molecular weight excluding hydrogens is 280 g/mol. The Kier molecular flexibility index (Phi) is 4.18. The third-order valence-corrected chi connectivity index (χ3v) is 4.45. The summed E-state index contributed by atoms with van der Waals surface area (Å²) in [5.41, 5.74) is 0. The lowest BCUT2D eigenvalue weighted by atomic mass is 10.0. The molecule has 0 saturated carbocycles. The zero-order valence-corrected chi connectivity index (χ0v) is 13.3. The number of nitrogens with one attached hydrogen (secondary N) is 1. The topological polar surface area (TPSA) is 67.2 Å². The van der Waals surface area contributed by atoms with Crippen molar-refractivity contribution >= 4 is 11.8 Å². The molecule has 3 heterocycles. The third-order valence-electron chi connectivity index (χ3n) is 4.45. The van der Waals surface area contributed by atoms with E-state index in [2.05, 4.69) is 28.7 Å². The SMILES string of the molecule is CC(C)CN1C[C@@H](C(=O)N[C@@H]2CCc3nccn3C2)CC1=O. The average Bonchev–Trinajstić information content (AvgIpc) is 3.05. The fourth-order valence-electron chi connectivity index (χ4n) is 3.37. The summed E-state index contributed by atoms with van der Waals surface area (Å²) in [6, 6.07) is 0.142. The molecule has 120 valence electrons. The van der Waals surface area contributed by atoms with Crippen LogP contribution in [-0.4, -0.2) is 45.4 Å². The van der Waals surface area contributed by atoms with Gasteiger partial charge in [-0.3, -0.25) is 9.59 Å². The first kappa shape index (κ1) is 15.1. The maximum Gasteiger partial charge on any atom is 0.225 e. The van der Waals surface area contributed by atoms with E-state index in [1.54, 1.807) is 6.20 Å². The predicted octanol–water partition coefficient (Wildman–Crippen LogP) is 0.819. The standard InChI is InChI=1S/C16H24N4O2/c1-11(2)8-20-9-12(7-15(20)21)16(22)18-13-3-4-14-17-5-6-19(14)10-13/h5-6,11-13H,3-4,7-10H2,1-2H3,(H,18,22)/t12-,13+/m0/s1. The molecule has 0 radical (unpaired) electrons. The monoisotopic (exact) mass is 304 g/mol. The number of fused-ring (bicyclic) bond motifs is 1. The Hall–Kier alpha value is -1.85. The van der Waals surface area contributed by atoms with Crippen molar-refractivity contribution in [3.63, 3.8) is 0 Å². The Morgan fingerprint density at radius 3 is 3.05 bits per heavy atom. The first-order valence-electron chi connectivity index (χ1n) is 8.11. The van der Waals surface area contributed by atoms with Gasteiger partial charge in [0, 0.05) is 50.9 Å². The van der Waals surface area contributed by atoms with Crippen molar-refractivity contribution in [3.05, 3.63) is 18.2 Å². The molecule has 0 bridgehead atoms. The quantitative estimate of drug-likeness (QED) is 0.895. The Labute approximate surface area is 130 Å². The van der Waals surface area contributed by atoms with Crippen LogP contribution in [0.5, 0.6) is 0 Å². The fourth-order valence-corrected chi connectivity index (χ4v) is 3.37. The molecule has 2 aliphatic heterocycles. The zero-order chi connectivity index (χ0) is 15.7. The molecule has 1 aromatic rings. The number of likely N-dealkylation sites (tertiary alicyclic amines) is 1. The molecule has 0 aromatic carbocycles. The number of amides is 2. The van der Waals surface area contributed by atoms with E-state index in [0.717, 1.165) is 31.8 Å². The summed E-state index contributed by atoms with van der Waals surface area (Å²) in [6.07, 6.45) is 5.91. The lowest BCUT2D eigenvalue weighted by Crippen LogP contribution is -2.44. The minimum absolute atomic E-state index is 0.0215. The highest BCUT2D eigenvalue weighted by Crippen LogP contribution is 2.20. The van der Waals surface area contributed by atoms with Gasteiger partial charge in [0.1, 0.15) is 5.82 Å². The highest BCUT2D eigenvalue weighted by atomic mass is 16.2. The smallest absolute Gasteiger partial charge is 0.225 e.